The van der Waals surface area contributed by atoms with Gasteiger partial charge in [-0.3, -0.25) is 9.59 Å². The van der Waals surface area contributed by atoms with Gasteiger partial charge in [-0.25, -0.2) is 4.79 Å². The van der Waals surface area contributed by atoms with Crippen molar-refractivity contribution >= 4 is 35.2 Å². The van der Waals surface area contributed by atoms with Crippen molar-refractivity contribution in [1.82, 2.24) is 10.2 Å². The number of nitrogens with zero attached hydrogens (tertiary/aromatic N) is 1. The van der Waals surface area contributed by atoms with E-state index in [1.807, 2.05) is 57.2 Å². The Morgan fingerprint density at radius 2 is 1.63 bits per heavy atom. The second kappa shape index (κ2) is 13.1. The molecule has 228 valence electrons. The predicted octanol–water partition coefficient (Wildman–Crippen LogP) is 6.72. The van der Waals surface area contributed by atoms with Gasteiger partial charge in [0.15, 0.2) is 0 Å². The Bertz CT molecular complexity index is 1460. The largest absolute Gasteiger partial charge is 0.508 e. The monoisotopic (exact) mass is 605 g/mol. The molecule has 1 aliphatic carbocycles. The minimum atomic E-state index is -1.05. The predicted molar refractivity (Wildman–Crippen MR) is 168 cm³/mol. The second-order valence-electron chi connectivity index (χ2n) is 12.3. The fourth-order valence-electron chi connectivity index (χ4n) is 5.16. The van der Waals surface area contributed by atoms with E-state index in [-0.39, 0.29) is 24.1 Å². The number of rotatable bonds is 9. The van der Waals surface area contributed by atoms with Gasteiger partial charge in [-0.05, 0) is 87.4 Å². The molecule has 9 heteroatoms. The molecule has 4 atom stereocenters. The summed E-state index contributed by atoms with van der Waals surface area (Å²) in [6.45, 7) is 11.0. The van der Waals surface area contributed by atoms with Crippen LogP contribution in [0.3, 0.4) is 0 Å². The van der Waals surface area contributed by atoms with Gasteiger partial charge in [-0.2, -0.15) is 0 Å². The topological polar surface area (TPSA) is 108 Å². The number of ether oxygens (including phenoxy) is 1. The van der Waals surface area contributed by atoms with E-state index in [9.17, 15) is 19.5 Å². The second-order valence-corrected chi connectivity index (χ2v) is 12.7. The zero-order chi connectivity index (χ0) is 31.5. The first-order valence-electron chi connectivity index (χ1n) is 14.5. The number of amides is 3. The molecule has 3 aromatic carbocycles. The van der Waals surface area contributed by atoms with Crippen LogP contribution in [0.5, 0.6) is 5.75 Å². The number of aryl methyl sites for hydroxylation is 2. The SMILES string of the molecule is Cc1ccccc1C(C(=O)Nc1c(C)cccc1Cl)N(C(=O)C(Cc1ccc(O)cc1)NC(=O)OC(C)(C)C)C1CC1C. The quantitative estimate of drug-likeness (QED) is 0.251. The van der Waals surface area contributed by atoms with Crippen molar-refractivity contribution in [2.75, 3.05) is 5.32 Å². The highest BCUT2D eigenvalue weighted by Crippen LogP contribution is 2.42. The van der Waals surface area contributed by atoms with Crippen LogP contribution in [0.2, 0.25) is 5.02 Å². The highest BCUT2D eigenvalue weighted by molar-refractivity contribution is 6.34. The molecule has 0 bridgehead atoms. The molecule has 0 saturated heterocycles. The summed E-state index contributed by atoms with van der Waals surface area (Å²) in [7, 11) is 0. The van der Waals surface area contributed by atoms with Gasteiger partial charge in [0.05, 0.1) is 10.7 Å². The molecule has 0 aromatic heterocycles. The minimum Gasteiger partial charge on any atom is -0.508 e. The highest BCUT2D eigenvalue weighted by Gasteiger charge is 2.48. The maximum atomic E-state index is 14.7. The minimum absolute atomic E-state index is 0.0892. The Morgan fingerprint density at radius 3 is 2.21 bits per heavy atom. The Morgan fingerprint density at radius 1 is 1.00 bits per heavy atom. The number of benzene rings is 3. The fraction of sp³-hybridized carbons (Fsp3) is 0.382. The van der Waals surface area contributed by atoms with Gasteiger partial charge in [0, 0.05) is 12.5 Å². The van der Waals surface area contributed by atoms with Crippen molar-refractivity contribution in [3.05, 3.63) is 94.0 Å². The van der Waals surface area contributed by atoms with Gasteiger partial charge in [0.25, 0.3) is 5.91 Å². The molecule has 3 amide bonds. The lowest BCUT2D eigenvalue weighted by Gasteiger charge is -2.36. The number of phenols is 1. The van der Waals surface area contributed by atoms with Crippen molar-refractivity contribution in [3.63, 3.8) is 0 Å². The van der Waals surface area contributed by atoms with E-state index in [1.54, 1.807) is 43.9 Å². The molecule has 4 rings (SSSR count). The molecule has 3 aromatic rings. The number of nitrogens with one attached hydrogen (secondary N) is 2. The summed E-state index contributed by atoms with van der Waals surface area (Å²) in [6, 6.07) is 17.0. The molecule has 43 heavy (non-hydrogen) atoms. The molecule has 1 aliphatic rings. The number of para-hydroxylation sites is 1. The van der Waals surface area contributed by atoms with Crippen LogP contribution in [0, 0.1) is 19.8 Å². The third kappa shape index (κ3) is 8.08. The Balaban J connectivity index is 1.78. The summed E-state index contributed by atoms with van der Waals surface area (Å²) in [5.41, 5.74) is 2.74. The molecule has 3 N–H and O–H groups in total. The molecule has 0 heterocycles. The van der Waals surface area contributed by atoms with E-state index in [1.165, 1.54) is 12.1 Å². The van der Waals surface area contributed by atoms with Gasteiger partial charge < -0.3 is 25.4 Å². The lowest BCUT2D eigenvalue weighted by molar-refractivity contribution is -0.141. The van der Waals surface area contributed by atoms with Crippen LogP contribution in [0.1, 0.15) is 62.4 Å². The van der Waals surface area contributed by atoms with Gasteiger partial charge in [0.2, 0.25) is 5.91 Å². The number of hydrogen-bond acceptors (Lipinski definition) is 5. The summed E-state index contributed by atoms with van der Waals surface area (Å²) in [5.74, 6) is -0.571. The zero-order valence-electron chi connectivity index (χ0n) is 25.5. The van der Waals surface area contributed by atoms with E-state index in [2.05, 4.69) is 10.6 Å². The van der Waals surface area contributed by atoms with E-state index in [0.717, 1.165) is 16.7 Å². The van der Waals surface area contributed by atoms with Crippen LogP contribution in [0.25, 0.3) is 0 Å². The van der Waals surface area contributed by atoms with Crippen LogP contribution in [-0.4, -0.2) is 45.6 Å². The maximum absolute atomic E-state index is 14.7. The van der Waals surface area contributed by atoms with Crippen LogP contribution in [0.4, 0.5) is 10.5 Å². The third-order valence-corrected chi connectivity index (χ3v) is 7.84. The van der Waals surface area contributed by atoms with Crippen molar-refractivity contribution in [2.45, 2.75) is 78.1 Å². The number of alkyl carbamates (subject to hydrolysis) is 1. The van der Waals surface area contributed by atoms with E-state index >= 15 is 0 Å². The number of halogens is 1. The lowest BCUT2D eigenvalue weighted by Crippen LogP contribution is -2.54. The summed E-state index contributed by atoms with van der Waals surface area (Å²) >= 11 is 6.48. The zero-order valence-corrected chi connectivity index (χ0v) is 26.2. The van der Waals surface area contributed by atoms with Crippen LogP contribution in [0.15, 0.2) is 66.7 Å². The van der Waals surface area contributed by atoms with Crippen molar-refractivity contribution in [2.24, 2.45) is 5.92 Å². The fourth-order valence-corrected chi connectivity index (χ4v) is 5.43. The van der Waals surface area contributed by atoms with E-state index < -0.39 is 35.6 Å². The highest BCUT2D eigenvalue weighted by atomic mass is 35.5. The van der Waals surface area contributed by atoms with Crippen molar-refractivity contribution in [1.29, 1.82) is 0 Å². The van der Waals surface area contributed by atoms with Crippen LogP contribution in [-0.2, 0) is 20.7 Å². The molecular formula is C34H40ClN3O5. The Labute approximate surface area is 258 Å². The van der Waals surface area contributed by atoms with Crippen LogP contribution >= 0.6 is 11.6 Å². The molecule has 0 radical (unpaired) electrons. The first kappa shape index (κ1) is 31.9. The number of carbonyl (C=O) groups is 3. The van der Waals surface area contributed by atoms with Crippen molar-refractivity contribution in [3.8, 4) is 5.75 Å². The van der Waals surface area contributed by atoms with Gasteiger partial charge in [-0.15, -0.1) is 0 Å². The maximum Gasteiger partial charge on any atom is 0.408 e. The summed E-state index contributed by atoms with van der Waals surface area (Å²) in [4.78, 5) is 43.6. The Kier molecular flexibility index (Phi) is 9.70. The Hall–Kier alpha value is -4.04. The number of aromatic hydroxyl groups is 1. The van der Waals surface area contributed by atoms with Crippen molar-refractivity contribution < 1.29 is 24.2 Å². The summed E-state index contributed by atoms with van der Waals surface area (Å²) in [6.07, 6.45) is 0.101. The van der Waals surface area contributed by atoms with Gasteiger partial charge >= 0.3 is 6.09 Å². The van der Waals surface area contributed by atoms with E-state index in [4.69, 9.17) is 16.3 Å². The van der Waals surface area contributed by atoms with Gasteiger partial charge in [0.1, 0.15) is 23.4 Å². The number of hydrogen-bond donors (Lipinski definition) is 3. The molecule has 1 fully saturated rings. The van der Waals surface area contributed by atoms with Crippen LogP contribution < -0.4 is 10.6 Å². The molecule has 0 spiro atoms. The normalized spacial score (nSPS) is 17.4. The standard InChI is InChI=1S/C34H40ClN3O5/c1-20-10-7-8-12-25(20)30(31(40)37-29-21(2)11-9-13-26(29)35)38(28-18-22(28)3)32(41)27(36-33(42)43-34(4,5)6)19-23-14-16-24(39)17-15-23/h7-17,22,27-28,30,39H,18-19H2,1-6H3,(H,36,42)(H,37,40). The first-order chi connectivity index (χ1) is 20.2. The lowest BCUT2D eigenvalue weighted by atomic mass is 9.96. The number of phenolic OH excluding ortho intramolecular Hbond substituents is 1. The molecule has 4 unspecified atom stereocenters. The smallest absolute Gasteiger partial charge is 0.408 e. The summed E-state index contributed by atoms with van der Waals surface area (Å²) < 4.78 is 5.51. The average Bonchev–Trinajstić information content (AvgIpc) is 3.64. The third-order valence-electron chi connectivity index (χ3n) is 7.52. The average molecular weight is 606 g/mol. The van der Waals surface area contributed by atoms with Gasteiger partial charge in [-0.1, -0.05) is 67.1 Å². The van der Waals surface area contributed by atoms with E-state index in [0.29, 0.717) is 22.7 Å². The molecule has 0 aliphatic heterocycles. The molecular weight excluding hydrogens is 566 g/mol. The summed E-state index contributed by atoms with van der Waals surface area (Å²) in [5, 5.41) is 16.0. The molecule has 1 saturated carbocycles. The number of anilines is 1. The first-order valence-corrected chi connectivity index (χ1v) is 14.8. The number of carbonyl (C=O) groups excluding carboxylic acids is 3. The molecule has 8 nitrogen and oxygen atoms in total.